The van der Waals surface area contributed by atoms with E-state index >= 15 is 0 Å². The van der Waals surface area contributed by atoms with E-state index in [2.05, 4.69) is 10.3 Å². The molecule has 0 fully saturated rings. The van der Waals surface area contributed by atoms with Crippen molar-refractivity contribution in [1.29, 1.82) is 0 Å². The summed E-state index contributed by atoms with van der Waals surface area (Å²) in [6, 6.07) is 14.8. The Morgan fingerprint density at radius 2 is 1.92 bits per heavy atom. The number of aromatic nitrogens is 2. The number of hydrogen-bond acceptors (Lipinski definition) is 3. The third-order valence-electron chi connectivity index (χ3n) is 4.13. The van der Waals surface area contributed by atoms with Crippen LogP contribution in [0.3, 0.4) is 0 Å². The smallest absolute Gasteiger partial charge is 0.274 e. The molecular weight excluding hydrogens is 389 g/mol. The van der Waals surface area contributed by atoms with Crippen LogP contribution in [0.15, 0.2) is 53.9 Å². The summed E-state index contributed by atoms with van der Waals surface area (Å²) in [6.45, 7) is 0. The number of amides is 1. The minimum Gasteiger partial charge on any atom is -0.340 e. The first kappa shape index (κ1) is 17.1. The van der Waals surface area contributed by atoms with Gasteiger partial charge in [0, 0.05) is 38.9 Å². The Bertz CT molecular complexity index is 1120. The van der Waals surface area contributed by atoms with Crippen molar-refractivity contribution in [2.75, 3.05) is 5.32 Å². The topological polar surface area (TPSA) is 46.9 Å². The number of thiazole rings is 1. The predicted octanol–water partition coefficient (Wildman–Crippen LogP) is 5.86. The molecule has 0 radical (unpaired) electrons. The van der Waals surface area contributed by atoms with Crippen molar-refractivity contribution in [2.24, 2.45) is 7.05 Å². The lowest BCUT2D eigenvalue weighted by molar-refractivity contribution is 0.102. The van der Waals surface area contributed by atoms with Crippen molar-refractivity contribution in [3.63, 3.8) is 0 Å². The van der Waals surface area contributed by atoms with Gasteiger partial charge in [-0.05, 0) is 30.3 Å². The van der Waals surface area contributed by atoms with E-state index in [0.717, 1.165) is 22.2 Å². The fourth-order valence-corrected chi connectivity index (χ4v) is 3.85. The normalized spacial score (nSPS) is 11.0. The zero-order valence-electron chi connectivity index (χ0n) is 13.7. The van der Waals surface area contributed by atoms with Crippen LogP contribution in [-0.2, 0) is 7.05 Å². The van der Waals surface area contributed by atoms with E-state index in [1.807, 2.05) is 59.5 Å². The summed E-state index contributed by atoms with van der Waals surface area (Å²) in [5.41, 5.74) is 3.17. The second kappa shape index (κ2) is 6.76. The van der Waals surface area contributed by atoms with E-state index < -0.39 is 0 Å². The maximum atomic E-state index is 12.7. The SMILES string of the molecule is Cn1c(C(=O)Nc2nc(-c3ccc(Cl)cc3)cs2)cc2c(Cl)cccc21. The molecule has 0 unspecified atom stereocenters. The average Bonchev–Trinajstić information content (AvgIpc) is 3.22. The number of carbonyl (C=O) groups is 1. The molecule has 0 atom stereocenters. The number of anilines is 1. The average molecular weight is 402 g/mol. The Labute approximate surface area is 164 Å². The molecule has 4 rings (SSSR count). The summed E-state index contributed by atoms with van der Waals surface area (Å²) in [5, 5.41) is 7.44. The van der Waals surface area contributed by atoms with Gasteiger partial charge >= 0.3 is 0 Å². The fourth-order valence-electron chi connectivity index (χ4n) is 2.79. The number of nitrogens with zero attached hydrogens (tertiary/aromatic N) is 2. The van der Waals surface area contributed by atoms with Gasteiger partial charge in [0.2, 0.25) is 0 Å². The van der Waals surface area contributed by atoms with Crippen LogP contribution >= 0.6 is 34.5 Å². The predicted molar refractivity (Wildman–Crippen MR) is 108 cm³/mol. The molecule has 0 bridgehead atoms. The number of nitrogens with one attached hydrogen (secondary N) is 1. The van der Waals surface area contributed by atoms with E-state index in [-0.39, 0.29) is 5.91 Å². The first-order chi connectivity index (χ1) is 12.5. The van der Waals surface area contributed by atoms with E-state index in [1.54, 1.807) is 6.07 Å². The Kier molecular flexibility index (Phi) is 4.44. The third-order valence-corrected chi connectivity index (χ3v) is 5.47. The van der Waals surface area contributed by atoms with Crippen LogP contribution in [0.4, 0.5) is 5.13 Å². The lowest BCUT2D eigenvalue weighted by Gasteiger charge is -2.04. The van der Waals surface area contributed by atoms with Gasteiger partial charge in [0.1, 0.15) is 5.69 Å². The highest BCUT2D eigenvalue weighted by molar-refractivity contribution is 7.14. The maximum absolute atomic E-state index is 12.7. The van der Waals surface area contributed by atoms with Crippen LogP contribution in [0.5, 0.6) is 0 Å². The molecule has 0 aliphatic carbocycles. The zero-order valence-corrected chi connectivity index (χ0v) is 16.0. The lowest BCUT2D eigenvalue weighted by Crippen LogP contribution is -2.15. The van der Waals surface area contributed by atoms with Gasteiger partial charge in [0.15, 0.2) is 5.13 Å². The Hall–Kier alpha value is -2.34. The van der Waals surface area contributed by atoms with E-state index in [0.29, 0.717) is 20.9 Å². The molecule has 0 saturated carbocycles. The van der Waals surface area contributed by atoms with Crippen LogP contribution in [0.1, 0.15) is 10.5 Å². The summed E-state index contributed by atoms with van der Waals surface area (Å²) in [5.74, 6) is -0.225. The molecule has 130 valence electrons. The number of benzene rings is 2. The fraction of sp³-hybridized carbons (Fsp3) is 0.0526. The number of halogens is 2. The maximum Gasteiger partial charge on any atom is 0.274 e. The molecule has 1 N–H and O–H groups in total. The van der Waals surface area contributed by atoms with Crippen LogP contribution in [-0.4, -0.2) is 15.5 Å². The molecular formula is C19H13Cl2N3OS. The number of hydrogen-bond donors (Lipinski definition) is 1. The minimum absolute atomic E-state index is 0.225. The number of rotatable bonds is 3. The van der Waals surface area contributed by atoms with Gasteiger partial charge in [-0.2, -0.15) is 0 Å². The number of carbonyl (C=O) groups excluding carboxylic acids is 1. The largest absolute Gasteiger partial charge is 0.340 e. The summed E-state index contributed by atoms with van der Waals surface area (Å²) in [7, 11) is 1.84. The van der Waals surface area contributed by atoms with Crippen LogP contribution < -0.4 is 5.32 Å². The molecule has 0 aliphatic rings. The first-order valence-corrected chi connectivity index (χ1v) is 9.43. The van der Waals surface area contributed by atoms with Crippen LogP contribution in [0.25, 0.3) is 22.2 Å². The molecule has 1 amide bonds. The number of aryl methyl sites for hydroxylation is 1. The van der Waals surface area contributed by atoms with Crippen molar-refractivity contribution in [2.45, 2.75) is 0 Å². The molecule has 0 saturated heterocycles. The molecule has 4 aromatic rings. The van der Waals surface area contributed by atoms with Gasteiger partial charge in [0.05, 0.1) is 5.69 Å². The third kappa shape index (κ3) is 3.09. The van der Waals surface area contributed by atoms with Crippen LogP contribution in [0.2, 0.25) is 10.0 Å². The molecule has 26 heavy (non-hydrogen) atoms. The van der Waals surface area contributed by atoms with E-state index in [9.17, 15) is 4.79 Å². The Balaban J connectivity index is 1.60. The van der Waals surface area contributed by atoms with Crippen LogP contribution in [0, 0.1) is 0 Å². The van der Waals surface area contributed by atoms with E-state index in [4.69, 9.17) is 23.2 Å². The van der Waals surface area contributed by atoms with Crippen molar-refractivity contribution >= 4 is 56.5 Å². The molecule has 2 aromatic heterocycles. The van der Waals surface area contributed by atoms with Gasteiger partial charge in [-0.15, -0.1) is 11.3 Å². The number of fused-ring (bicyclic) bond motifs is 1. The summed E-state index contributed by atoms with van der Waals surface area (Å²) in [6.07, 6.45) is 0. The van der Waals surface area contributed by atoms with Crippen molar-refractivity contribution < 1.29 is 4.79 Å². The first-order valence-electron chi connectivity index (χ1n) is 7.79. The van der Waals surface area contributed by atoms with Crippen molar-refractivity contribution in [1.82, 2.24) is 9.55 Å². The van der Waals surface area contributed by atoms with Gasteiger partial charge in [0.25, 0.3) is 5.91 Å². The molecule has 7 heteroatoms. The quantitative estimate of drug-likeness (QED) is 0.467. The molecule has 2 heterocycles. The molecule has 2 aromatic carbocycles. The highest BCUT2D eigenvalue weighted by atomic mass is 35.5. The zero-order chi connectivity index (χ0) is 18.3. The summed E-state index contributed by atoms with van der Waals surface area (Å²) in [4.78, 5) is 17.2. The van der Waals surface area contributed by atoms with Crippen molar-refractivity contribution in [3.8, 4) is 11.3 Å². The van der Waals surface area contributed by atoms with Crippen molar-refractivity contribution in [3.05, 3.63) is 69.7 Å². The van der Waals surface area contributed by atoms with Gasteiger partial charge < -0.3 is 4.57 Å². The second-order valence-electron chi connectivity index (χ2n) is 5.76. The Morgan fingerprint density at radius 3 is 2.65 bits per heavy atom. The summed E-state index contributed by atoms with van der Waals surface area (Å²) >= 11 is 13.5. The standard InChI is InChI=1S/C19H13Cl2N3OS/c1-24-16-4-2-3-14(21)13(16)9-17(24)18(25)23-19-22-15(10-26-19)11-5-7-12(20)8-6-11/h2-10H,1H3,(H,22,23,25). The second-order valence-corrected chi connectivity index (χ2v) is 7.46. The minimum atomic E-state index is -0.225. The van der Waals surface area contributed by atoms with E-state index in [1.165, 1.54) is 11.3 Å². The Morgan fingerprint density at radius 1 is 1.15 bits per heavy atom. The monoisotopic (exact) mass is 401 g/mol. The van der Waals surface area contributed by atoms with Gasteiger partial charge in [-0.25, -0.2) is 4.98 Å². The highest BCUT2D eigenvalue weighted by Gasteiger charge is 2.16. The molecule has 0 aliphatic heterocycles. The molecule has 4 nitrogen and oxygen atoms in total. The van der Waals surface area contributed by atoms with Gasteiger partial charge in [-0.3, -0.25) is 10.1 Å². The highest BCUT2D eigenvalue weighted by Crippen LogP contribution is 2.28. The summed E-state index contributed by atoms with van der Waals surface area (Å²) < 4.78 is 1.82. The van der Waals surface area contributed by atoms with Gasteiger partial charge in [-0.1, -0.05) is 41.4 Å². The lowest BCUT2D eigenvalue weighted by atomic mass is 10.2. The molecule has 0 spiro atoms.